The van der Waals surface area contributed by atoms with Crippen LogP contribution < -0.4 is 10.1 Å². The zero-order valence-electron chi connectivity index (χ0n) is 15.8. The number of halogens is 2. The molecule has 6 nitrogen and oxygen atoms in total. The highest BCUT2D eigenvalue weighted by Crippen LogP contribution is 2.28. The summed E-state index contributed by atoms with van der Waals surface area (Å²) in [6, 6.07) is 13.0. The zero-order valence-corrected chi connectivity index (χ0v) is 17.4. The van der Waals surface area contributed by atoms with Gasteiger partial charge in [0.25, 0.3) is 0 Å². The van der Waals surface area contributed by atoms with Crippen LogP contribution in [0.15, 0.2) is 66.0 Å². The molecule has 4 aromatic rings. The number of hydrogen-bond acceptors (Lipinski definition) is 5. The van der Waals surface area contributed by atoms with Crippen LogP contribution in [0.1, 0.15) is 0 Å². The van der Waals surface area contributed by atoms with Crippen molar-refractivity contribution in [3.8, 4) is 17.0 Å². The highest BCUT2D eigenvalue weighted by Gasteiger charge is 2.12. The Balaban J connectivity index is 1.48. The number of ether oxygens (including phenoxy) is 1. The van der Waals surface area contributed by atoms with Crippen molar-refractivity contribution >= 4 is 40.5 Å². The highest BCUT2D eigenvalue weighted by atomic mass is 35.5. The Kier molecular flexibility index (Phi) is 5.87. The van der Waals surface area contributed by atoms with Gasteiger partial charge < -0.3 is 10.1 Å². The lowest BCUT2D eigenvalue weighted by molar-refractivity contribution is -0.113. The molecular formula is C21H16ClFN4O2S. The maximum Gasteiger partial charge on any atom is 0.234 e. The fraction of sp³-hybridized carbons (Fsp3) is 0.0952. The van der Waals surface area contributed by atoms with Gasteiger partial charge >= 0.3 is 0 Å². The Morgan fingerprint density at radius 1 is 1.23 bits per heavy atom. The van der Waals surface area contributed by atoms with E-state index in [2.05, 4.69) is 15.4 Å². The summed E-state index contributed by atoms with van der Waals surface area (Å²) < 4.78 is 20.0. The maximum absolute atomic E-state index is 13.2. The largest absolute Gasteiger partial charge is 0.495 e. The molecule has 4 rings (SSSR count). The van der Waals surface area contributed by atoms with Gasteiger partial charge in [-0.15, -0.1) is 0 Å². The Hall–Kier alpha value is -3.10. The number of rotatable bonds is 6. The lowest BCUT2D eigenvalue weighted by Gasteiger charge is -2.08. The average molecular weight is 443 g/mol. The first-order chi connectivity index (χ1) is 14.5. The molecule has 0 saturated heterocycles. The molecule has 0 radical (unpaired) electrons. The van der Waals surface area contributed by atoms with Crippen LogP contribution in [0.2, 0.25) is 5.02 Å². The Morgan fingerprint density at radius 2 is 2.03 bits per heavy atom. The van der Waals surface area contributed by atoms with Crippen molar-refractivity contribution in [2.75, 3.05) is 18.2 Å². The zero-order chi connectivity index (χ0) is 21.1. The van der Waals surface area contributed by atoms with Gasteiger partial charge in [-0.2, -0.15) is 5.10 Å². The van der Waals surface area contributed by atoms with Gasteiger partial charge in [0.05, 0.1) is 29.1 Å². The van der Waals surface area contributed by atoms with Gasteiger partial charge in [-0.25, -0.2) is 13.9 Å². The SMILES string of the molecule is COc1ccc(NC(=O)CSc2nccn3nc(-c4ccc(F)cc4)cc23)cc1Cl. The predicted octanol–water partition coefficient (Wildman–Crippen LogP) is 4.93. The van der Waals surface area contributed by atoms with Crippen LogP contribution in [0.5, 0.6) is 5.75 Å². The van der Waals surface area contributed by atoms with Crippen molar-refractivity contribution in [1.29, 1.82) is 0 Å². The fourth-order valence-corrected chi connectivity index (χ4v) is 3.88. The number of anilines is 1. The topological polar surface area (TPSA) is 68.5 Å². The maximum atomic E-state index is 13.2. The first-order valence-electron chi connectivity index (χ1n) is 8.90. The van der Waals surface area contributed by atoms with Crippen LogP contribution >= 0.6 is 23.4 Å². The van der Waals surface area contributed by atoms with E-state index in [0.29, 0.717) is 27.2 Å². The van der Waals surface area contributed by atoms with Crippen LogP contribution in [-0.2, 0) is 4.79 Å². The second-order valence-corrected chi connectivity index (χ2v) is 7.66. The average Bonchev–Trinajstić information content (AvgIpc) is 3.18. The van der Waals surface area contributed by atoms with Crippen LogP contribution in [0, 0.1) is 5.82 Å². The van der Waals surface area contributed by atoms with Gasteiger partial charge in [-0.05, 0) is 48.5 Å². The molecule has 30 heavy (non-hydrogen) atoms. The van der Waals surface area contributed by atoms with Crippen LogP contribution in [0.3, 0.4) is 0 Å². The third kappa shape index (κ3) is 4.39. The molecule has 0 unspecified atom stereocenters. The molecule has 0 spiro atoms. The minimum Gasteiger partial charge on any atom is -0.495 e. The number of aromatic nitrogens is 3. The Morgan fingerprint density at radius 3 is 2.77 bits per heavy atom. The second kappa shape index (κ2) is 8.73. The second-order valence-electron chi connectivity index (χ2n) is 6.28. The van der Waals surface area contributed by atoms with Crippen LogP contribution in [0.25, 0.3) is 16.8 Å². The molecule has 0 fully saturated rings. The van der Waals surface area contributed by atoms with Crippen molar-refractivity contribution in [2.24, 2.45) is 0 Å². The molecule has 0 aliphatic rings. The van der Waals surface area contributed by atoms with Gasteiger partial charge in [0, 0.05) is 23.6 Å². The molecule has 2 aromatic carbocycles. The third-order valence-corrected chi connectivity index (χ3v) is 5.56. The number of hydrogen-bond donors (Lipinski definition) is 1. The molecule has 0 atom stereocenters. The third-order valence-electron chi connectivity index (χ3n) is 4.27. The normalized spacial score (nSPS) is 10.9. The van der Waals surface area contributed by atoms with Gasteiger partial charge in [-0.3, -0.25) is 4.79 Å². The smallest absolute Gasteiger partial charge is 0.234 e. The van der Waals surface area contributed by atoms with Crippen LogP contribution in [0.4, 0.5) is 10.1 Å². The standard InChI is InChI=1S/C21H16ClFN4O2S/c1-29-19-7-6-15(10-16(19)22)25-20(28)12-30-21-18-11-17(26-27(18)9-8-24-21)13-2-4-14(23)5-3-13/h2-11H,12H2,1H3,(H,25,28). The Labute approximate surface area is 181 Å². The molecule has 2 heterocycles. The molecule has 1 N–H and O–H groups in total. The molecule has 1 amide bonds. The molecule has 9 heteroatoms. The molecule has 0 saturated carbocycles. The summed E-state index contributed by atoms with van der Waals surface area (Å²) in [4.78, 5) is 16.7. The van der Waals surface area contributed by atoms with Crippen molar-refractivity contribution in [1.82, 2.24) is 14.6 Å². The summed E-state index contributed by atoms with van der Waals surface area (Å²) in [5, 5.41) is 8.40. The van der Waals surface area contributed by atoms with Crippen molar-refractivity contribution < 1.29 is 13.9 Å². The number of fused-ring (bicyclic) bond motifs is 1. The van der Waals surface area contributed by atoms with E-state index >= 15 is 0 Å². The van der Waals surface area contributed by atoms with E-state index in [0.717, 1.165) is 11.1 Å². The van der Waals surface area contributed by atoms with E-state index in [-0.39, 0.29) is 17.5 Å². The number of benzene rings is 2. The molecule has 0 aliphatic heterocycles. The van der Waals surface area contributed by atoms with Gasteiger partial charge in [0.2, 0.25) is 5.91 Å². The number of amides is 1. The number of thioether (sulfide) groups is 1. The molecule has 0 bridgehead atoms. The number of carbonyl (C=O) groups is 1. The lowest BCUT2D eigenvalue weighted by Crippen LogP contribution is -2.14. The first-order valence-corrected chi connectivity index (χ1v) is 10.3. The lowest BCUT2D eigenvalue weighted by atomic mass is 10.1. The monoisotopic (exact) mass is 442 g/mol. The minimum absolute atomic E-state index is 0.160. The first kappa shape index (κ1) is 20.2. The van der Waals surface area contributed by atoms with Crippen molar-refractivity contribution in [2.45, 2.75) is 5.03 Å². The molecule has 152 valence electrons. The van der Waals surface area contributed by atoms with E-state index in [4.69, 9.17) is 16.3 Å². The number of nitrogens with one attached hydrogen (secondary N) is 1. The number of methoxy groups -OCH3 is 1. The summed E-state index contributed by atoms with van der Waals surface area (Å²) in [5.74, 6) is 0.207. The molecule has 2 aromatic heterocycles. The quantitative estimate of drug-likeness (QED) is 0.429. The number of carbonyl (C=O) groups excluding carboxylic acids is 1. The summed E-state index contributed by atoms with van der Waals surface area (Å²) >= 11 is 7.39. The van der Waals surface area contributed by atoms with Gasteiger partial charge in [-0.1, -0.05) is 23.4 Å². The number of nitrogens with zero attached hydrogens (tertiary/aromatic N) is 3. The van der Waals surface area contributed by atoms with Crippen LogP contribution in [-0.4, -0.2) is 33.4 Å². The molecule has 0 aliphatic carbocycles. The fourth-order valence-electron chi connectivity index (χ4n) is 2.85. The minimum atomic E-state index is -0.301. The van der Waals surface area contributed by atoms with E-state index in [9.17, 15) is 9.18 Å². The summed E-state index contributed by atoms with van der Waals surface area (Å²) in [6.07, 6.45) is 3.35. The predicted molar refractivity (Wildman–Crippen MR) is 116 cm³/mol. The van der Waals surface area contributed by atoms with E-state index < -0.39 is 0 Å². The van der Waals surface area contributed by atoms with Crippen molar-refractivity contribution in [3.05, 3.63) is 71.8 Å². The van der Waals surface area contributed by atoms with E-state index in [1.165, 1.54) is 31.0 Å². The summed E-state index contributed by atoms with van der Waals surface area (Å²) in [6.45, 7) is 0. The van der Waals surface area contributed by atoms with E-state index in [1.807, 2.05) is 6.07 Å². The van der Waals surface area contributed by atoms with E-state index in [1.54, 1.807) is 47.2 Å². The van der Waals surface area contributed by atoms with Gasteiger partial charge in [0.1, 0.15) is 16.6 Å². The summed E-state index contributed by atoms with van der Waals surface area (Å²) in [5.41, 5.74) is 2.84. The molecular weight excluding hydrogens is 427 g/mol. The highest BCUT2D eigenvalue weighted by molar-refractivity contribution is 8.00. The Bertz CT molecular complexity index is 1210. The van der Waals surface area contributed by atoms with Gasteiger partial charge in [0.15, 0.2) is 0 Å². The van der Waals surface area contributed by atoms with Crippen molar-refractivity contribution in [3.63, 3.8) is 0 Å². The summed E-state index contributed by atoms with van der Waals surface area (Å²) in [7, 11) is 1.53.